The molecule has 0 radical (unpaired) electrons. The highest BCUT2D eigenvalue weighted by atomic mass is 19.1. The number of nitrogens with zero attached hydrogens (tertiary/aromatic N) is 1. The normalized spacial score (nSPS) is 21.7. The maximum atomic E-state index is 13.3. The van der Waals surface area contributed by atoms with Crippen LogP contribution in [0.1, 0.15) is 25.7 Å². The first-order valence-corrected chi connectivity index (χ1v) is 4.31. The van der Waals surface area contributed by atoms with Crippen molar-refractivity contribution in [3.8, 4) is 0 Å². The average molecular weight is 173 g/mol. The van der Waals surface area contributed by atoms with Gasteiger partial charge in [0.25, 0.3) is 0 Å². The van der Waals surface area contributed by atoms with Gasteiger partial charge in [-0.15, -0.1) is 0 Å². The van der Waals surface area contributed by atoms with Crippen molar-refractivity contribution in [1.82, 2.24) is 5.32 Å². The van der Waals surface area contributed by atoms with Crippen LogP contribution in [0.5, 0.6) is 0 Å². The molecule has 1 saturated carbocycles. The Morgan fingerprint density at radius 1 is 1.67 bits per heavy atom. The van der Waals surface area contributed by atoms with E-state index in [0.717, 1.165) is 6.42 Å². The molecule has 1 rings (SSSR count). The number of nitrogens with two attached hydrogens (primary N) is 1. The van der Waals surface area contributed by atoms with Crippen molar-refractivity contribution in [1.29, 1.82) is 0 Å². The zero-order valence-corrected chi connectivity index (χ0v) is 7.44. The fourth-order valence-corrected chi connectivity index (χ4v) is 1.30. The standard InChI is InChI=1S/C8H16FN3/c1-11-7(10)12-6-5-8(9)3-2-4-8/h2-6H2,1H3,(H3,10,11,12). The van der Waals surface area contributed by atoms with Crippen molar-refractivity contribution < 1.29 is 4.39 Å². The summed E-state index contributed by atoms with van der Waals surface area (Å²) in [6, 6.07) is 0. The predicted molar refractivity (Wildman–Crippen MR) is 47.9 cm³/mol. The fourth-order valence-electron chi connectivity index (χ4n) is 1.30. The zero-order valence-electron chi connectivity index (χ0n) is 7.44. The van der Waals surface area contributed by atoms with Crippen molar-refractivity contribution in [3.63, 3.8) is 0 Å². The van der Waals surface area contributed by atoms with Crippen molar-refractivity contribution in [2.45, 2.75) is 31.4 Å². The largest absolute Gasteiger partial charge is 0.370 e. The van der Waals surface area contributed by atoms with E-state index < -0.39 is 5.67 Å². The molecule has 0 amide bonds. The second-order valence-electron chi connectivity index (χ2n) is 3.29. The molecule has 1 aliphatic carbocycles. The van der Waals surface area contributed by atoms with E-state index in [1.165, 1.54) is 0 Å². The van der Waals surface area contributed by atoms with Gasteiger partial charge in [0.05, 0.1) is 0 Å². The molecule has 4 heteroatoms. The monoisotopic (exact) mass is 173 g/mol. The van der Waals surface area contributed by atoms with Crippen LogP contribution in [-0.2, 0) is 0 Å². The molecule has 0 unspecified atom stereocenters. The predicted octanol–water partition coefficient (Wildman–Crippen LogP) is 0.803. The summed E-state index contributed by atoms with van der Waals surface area (Å²) in [5.74, 6) is 0.387. The summed E-state index contributed by atoms with van der Waals surface area (Å²) >= 11 is 0. The summed E-state index contributed by atoms with van der Waals surface area (Å²) in [5, 5.41) is 2.84. The molecular weight excluding hydrogens is 157 g/mol. The number of alkyl halides is 1. The second-order valence-corrected chi connectivity index (χ2v) is 3.29. The molecule has 0 atom stereocenters. The molecule has 0 aliphatic heterocycles. The minimum atomic E-state index is -0.916. The number of guanidine groups is 1. The maximum Gasteiger partial charge on any atom is 0.188 e. The lowest BCUT2D eigenvalue weighted by Gasteiger charge is -2.33. The molecule has 1 aliphatic rings. The molecule has 12 heavy (non-hydrogen) atoms. The Balaban J connectivity index is 2.09. The van der Waals surface area contributed by atoms with Gasteiger partial charge in [-0.05, 0) is 25.7 Å². The highest BCUT2D eigenvalue weighted by Crippen LogP contribution is 2.38. The lowest BCUT2D eigenvalue weighted by Crippen LogP contribution is -2.39. The SMILES string of the molecule is CN=C(N)NCCC1(F)CCC1. The lowest BCUT2D eigenvalue weighted by molar-refractivity contribution is 0.0555. The Morgan fingerprint density at radius 3 is 2.75 bits per heavy atom. The van der Waals surface area contributed by atoms with E-state index in [9.17, 15) is 4.39 Å². The van der Waals surface area contributed by atoms with Crippen LogP contribution >= 0.6 is 0 Å². The topological polar surface area (TPSA) is 50.4 Å². The molecule has 0 spiro atoms. The van der Waals surface area contributed by atoms with Crippen molar-refractivity contribution in [2.24, 2.45) is 10.7 Å². The van der Waals surface area contributed by atoms with Crippen LogP contribution in [0.3, 0.4) is 0 Å². The third-order valence-electron chi connectivity index (χ3n) is 2.37. The van der Waals surface area contributed by atoms with Crippen LogP contribution in [-0.4, -0.2) is 25.2 Å². The quantitative estimate of drug-likeness (QED) is 0.490. The van der Waals surface area contributed by atoms with Crippen molar-refractivity contribution in [3.05, 3.63) is 0 Å². The maximum absolute atomic E-state index is 13.3. The summed E-state index contributed by atoms with van der Waals surface area (Å²) in [4.78, 5) is 3.71. The summed E-state index contributed by atoms with van der Waals surface area (Å²) < 4.78 is 13.3. The molecular formula is C8H16FN3. The third-order valence-corrected chi connectivity index (χ3v) is 2.37. The Kier molecular flexibility index (Phi) is 2.89. The van der Waals surface area contributed by atoms with Gasteiger partial charge in [-0.3, -0.25) is 4.99 Å². The van der Waals surface area contributed by atoms with Crippen molar-refractivity contribution >= 4 is 5.96 Å². The Bertz CT molecular complexity index is 175. The molecule has 0 bridgehead atoms. The molecule has 3 nitrogen and oxygen atoms in total. The van der Waals surface area contributed by atoms with Gasteiger partial charge in [-0.25, -0.2) is 4.39 Å². The summed E-state index contributed by atoms with van der Waals surface area (Å²) in [5.41, 5.74) is 4.46. The van der Waals surface area contributed by atoms with Gasteiger partial charge in [0.15, 0.2) is 5.96 Å². The fraction of sp³-hybridized carbons (Fsp3) is 0.875. The van der Waals surface area contributed by atoms with Crippen LogP contribution in [0.15, 0.2) is 4.99 Å². The zero-order chi connectivity index (χ0) is 9.03. The number of nitrogens with one attached hydrogen (secondary N) is 1. The molecule has 70 valence electrons. The van der Waals surface area contributed by atoms with E-state index in [-0.39, 0.29) is 0 Å². The van der Waals surface area contributed by atoms with Gasteiger partial charge < -0.3 is 11.1 Å². The van der Waals surface area contributed by atoms with E-state index in [4.69, 9.17) is 5.73 Å². The molecule has 0 aromatic heterocycles. The highest BCUT2D eigenvalue weighted by molar-refractivity contribution is 5.77. The Labute approximate surface area is 72.2 Å². The molecule has 3 N–H and O–H groups in total. The molecule has 0 saturated heterocycles. The van der Waals surface area contributed by atoms with Gasteiger partial charge >= 0.3 is 0 Å². The van der Waals surface area contributed by atoms with E-state index in [1.54, 1.807) is 7.05 Å². The van der Waals surface area contributed by atoms with E-state index in [2.05, 4.69) is 10.3 Å². The van der Waals surface area contributed by atoms with Gasteiger partial charge in [0.2, 0.25) is 0 Å². The third kappa shape index (κ3) is 2.36. The Hall–Kier alpha value is -0.800. The van der Waals surface area contributed by atoms with Crippen LogP contribution < -0.4 is 11.1 Å². The summed E-state index contributed by atoms with van der Waals surface area (Å²) in [6.07, 6.45) is 2.98. The highest BCUT2D eigenvalue weighted by Gasteiger charge is 2.36. The number of hydrogen-bond acceptors (Lipinski definition) is 1. The molecule has 0 heterocycles. The van der Waals surface area contributed by atoms with Gasteiger partial charge in [-0.2, -0.15) is 0 Å². The lowest BCUT2D eigenvalue weighted by atomic mass is 9.80. The molecule has 1 fully saturated rings. The first-order valence-electron chi connectivity index (χ1n) is 4.31. The number of aliphatic imine (C=N–C) groups is 1. The second kappa shape index (κ2) is 3.74. The number of hydrogen-bond donors (Lipinski definition) is 2. The number of halogens is 1. The average Bonchev–Trinajstić information content (AvgIpc) is 2.01. The van der Waals surface area contributed by atoms with Gasteiger partial charge in [0.1, 0.15) is 5.67 Å². The van der Waals surface area contributed by atoms with Gasteiger partial charge in [-0.1, -0.05) is 0 Å². The summed E-state index contributed by atoms with van der Waals surface area (Å²) in [7, 11) is 1.61. The van der Waals surface area contributed by atoms with Crippen LogP contribution in [0, 0.1) is 0 Å². The van der Waals surface area contributed by atoms with Crippen LogP contribution in [0.2, 0.25) is 0 Å². The van der Waals surface area contributed by atoms with Crippen LogP contribution in [0.4, 0.5) is 4.39 Å². The van der Waals surface area contributed by atoms with E-state index in [0.29, 0.717) is 31.8 Å². The van der Waals surface area contributed by atoms with Gasteiger partial charge in [0, 0.05) is 13.6 Å². The summed E-state index contributed by atoms with van der Waals surface area (Å²) in [6.45, 7) is 0.583. The molecule has 0 aromatic carbocycles. The first kappa shape index (κ1) is 9.29. The minimum absolute atomic E-state index is 0.387. The Morgan fingerprint density at radius 2 is 2.33 bits per heavy atom. The number of rotatable bonds is 3. The minimum Gasteiger partial charge on any atom is -0.370 e. The molecule has 0 aromatic rings. The van der Waals surface area contributed by atoms with E-state index in [1.807, 2.05) is 0 Å². The smallest absolute Gasteiger partial charge is 0.188 e. The first-order chi connectivity index (χ1) is 5.66. The van der Waals surface area contributed by atoms with Crippen molar-refractivity contribution in [2.75, 3.05) is 13.6 Å². The van der Waals surface area contributed by atoms with Crippen LogP contribution in [0.25, 0.3) is 0 Å². The van der Waals surface area contributed by atoms with E-state index >= 15 is 0 Å².